The zero-order valence-electron chi connectivity index (χ0n) is 11.4. The first-order chi connectivity index (χ1) is 8.79. The highest BCUT2D eigenvalue weighted by molar-refractivity contribution is 5.33. The second-order valence-electron chi connectivity index (χ2n) is 5.10. The van der Waals surface area contributed by atoms with E-state index < -0.39 is 0 Å². The molecule has 1 aliphatic rings. The van der Waals surface area contributed by atoms with Crippen LogP contribution in [0.2, 0.25) is 0 Å². The van der Waals surface area contributed by atoms with Gasteiger partial charge in [0.2, 0.25) is 0 Å². The van der Waals surface area contributed by atoms with Crippen LogP contribution in [0.25, 0.3) is 0 Å². The topological polar surface area (TPSA) is 33.3 Å². The lowest BCUT2D eigenvalue weighted by molar-refractivity contribution is 0.408. The predicted octanol–water partition coefficient (Wildman–Crippen LogP) is 1.97. The van der Waals surface area contributed by atoms with E-state index >= 15 is 0 Å². The molecule has 3 heteroatoms. The Kier molecular flexibility index (Phi) is 5.02. The molecular weight excluding hydrogens is 224 g/mol. The number of para-hydroxylation sites is 1. The Bertz CT molecular complexity index is 363. The maximum absolute atomic E-state index is 5.35. The quantitative estimate of drug-likeness (QED) is 0.738. The maximum atomic E-state index is 5.35. The van der Waals surface area contributed by atoms with Crippen molar-refractivity contribution >= 4 is 0 Å². The maximum Gasteiger partial charge on any atom is 0.122 e. The van der Waals surface area contributed by atoms with Crippen LogP contribution in [0.15, 0.2) is 24.3 Å². The summed E-state index contributed by atoms with van der Waals surface area (Å²) >= 11 is 0. The number of benzene rings is 1. The van der Waals surface area contributed by atoms with E-state index in [0.717, 1.165) is 31.3 Å². The lowest BCUT2D eigenvalue weighted by Crippen LogP contribution is -2.38. The Balaban J connectivity index is 1.66. The molecule has 0 saturated heterocycles. The average Bonchev–Trinajstić information content (AvgIpc) is 3.21. The molecule has 1 fully saturated rings. The second kappa shape index (κ2) is 6.76. The van der Waals surface area contributed by atoms with Crippen LogP contribution in [0.1, 0.15) is 25.3 Å². The Hall–Kier alpha value is -1.06. The SMILES string of the molecule is COc1ccccc1CCNC(C)CNC1CC1. The molecule has 0 amide bonds. The fraction of sp³-hybridized carbons (Fsp3) is 0.600. The van der Waals surface area contributed by atoms with Crippen LogP contribution in [-0.4, -0.2) is 32.3 Å². The van der Waals surface area contributed by atoms with Gasteiger partial charge in [0.15, 0.2) is 0 Å². The first-order valence-corrected chi connectivity index (χ1v) is 6.88. The molecule has 1 saturated carbocycles. The third-order valence-corrected chi connectivity index (χ3v) is 3.37. The minimum absolute atomic E-state index is 0.528. The Labute approximate surface area is 110 Å². The molecule has 2 rings (SSSR count). The molecule has 3 nitrogen and oxygen atoms in total. The highest BCUT2D eigenvalue weighted by Crippen LogP contribution is 2.18. The minimum atomic E-state index is 0.528. The standard InChI is InChI=1S/C15H24N2O/c1-12(11-17-14-7-8-14)16-10-9-13-5-3-4-6-15(13)18-2/h3-6,12,14,16-17H,7-11H2,1-2H3. The van der Waals surface area contributed by atoms with Gasteiger partial charge in [0.05, 0.1) is 7.11 Å². The molecule has 1 aromatic rings. The third-order valence-electron chi connectivity index (χ3n) is 3.37. The van der Waals surface area contributed by atoms with Crippen LogP contribution in [-0.2, 0) is 6.42 Å². The Morgan fingerprint density at radius 2 is 2.11 bits per heavy atom. The van der Waals surface area contributed by atoms with E-state index in [1.165, 1.54) is 18.4 Å². The van der Waals surface area contributed by atoms with Crippen LogP contribution in [0.3, 0.4) is 0 Å². The van der Waals surface area contributed by atoms with Gasteiger partial charge in [-0.05, 0) is 44.4 Å². The van der Waals surface area contributed by atoms with E-state index in [4.69, 9.17) is 4.74 Å². The van der Waals surface area contributed by atoms with Gasteiger partial charge in [-0.2, -0.15) is 0 Å². The van der Waals surface area contributed by atoms with Crippen LogP contribution in [0.5, 0.6) is 5.75 Å². The van der Waals surface area contributed by atoms with Crippen molar-refractivity contribution in [2.45, 2.75) is 38.3 Å². The number of hydrogen-bond acceptors (Lipinski definition) is 3. The zero-order valence-corrected chi connectivity index (χ0v) is 11.4. The van der Waals surface area contributed by atoms with Crippen molar-refractivity contribution in [2.24, 2.45) is 0 Å². The van der Waals surface area contributed by atoms with Crippen LogP contribution < -0.4 is 15.4 Å². The molecule has 1 aliphatic carbocycles. The zero-order chi connectivity index (χ0) is 12.8. The lowest BCUT2D eigenvalue weighted by atomic mass is 10.1. The van der Waals surface area contributed by atoms with E-state index in [0.29, 0.717) is 6.04 Å². The minimum Gasteiger partial charge on any atom is -0.496 e. The van der Waals surface area contributed by atoms with Crippen molar-refractivity contribution in [3.05, 3.63) is 29.8 Å². The van der Waals surface area contributed by atoms with Gasteiger partial charge in [-0.1, -0.05) is 18.2 Å². The van der Waals surface area contributed by atoms with Crippen molar-refractivity contribution in [2.75, 3.05) is 20.2 Å². The Morgan fingerprint density at radius 1 is 1.33 bits per heavy atom. The summed E-state index contributed by atoms with van der Waals surface area (Å²) in [5, 5.41) is 7.09. The third kappa shape index (κ3) is 4.31. The number of methoxy groups -OCH3 is 1. The van der Waals surface area contributed by atoms with Crippen LogP contribution in [0, 0.1) is 0 Å². The second-order valence-corrected chi connectivity index (χ2v) is 5.10. The normalized spacial score (nSPS) is 16.6. The first kappa shape index (κ1) is 13.4. The molecular formula is C15H24N2O. The van der Waals surface area contributed by atoms with Gasteiger partial charge in [-0.3, -0.25) is 0 Å². The van der Waals surface area contributed by atoms with E-state index in [-0.39, 0.29) is 0 Å². The fourth-order valence-corrected chi connectivity index (χ4v) is 2.07. The van der Waals surface area contributed by atoms with Crippen LogP contribution in [0.4, 0.5) is 0 Å². The number of hydrogen-bond donors (Lipinski definition) is 2. The molecule has 18 heavy (non-hydrogen) atoms. The van der Waals surface area contributed by atoms with E-state index in [1.54, 1.807) is 7.11 Å². The lowest BCUT2D eigenvalue weighted by Gasteiger charge is -2.15. The summed E-state index contributed by atoms with van der Waals surface area (Å²) in [5.74, 6) is 0.989. The molecule has 0 radical (unpaired) electrons. The largest absolute Gasteiger partial charge is 0.496 e. The summed E-state index contributed by atoms with van der Waals surface area (Å²) in [5.41, 5.74) is 1.27. The van der Waals surface area contributed by atoms with Gasteiger partial charge < -0.3 is 15.4 Å². The number of nitrogens with one attached hydrogen (secondary N) is 2. The average molecular weight is 248 g/mol. The van der Waals surface area contributed by atoms with Crippen molar-refractivity contribution < 1.29 is 4.74 Å². The molecule has 0 aromatic heterocycles. The van der Waals surface area contributed by atoms with Crippen molar-refractivity contribution in [3.63, 3.8) is 0 Å². The van der Waals surface area contributed by atoms with Crippen molar-refractivity contribution in [3.8, 4) is 5.75 Å². The summed E-state index contributed by atoms with van der Waals surface area (Å²) < 4.78 is 5.35. The van der Waals surface area contributed by atoms with Crippen molar-refractivity contribution in [1.29, 1.82) is 0 Å². The summed E-state index contributed by atoms with van der Waals surface area (Å²) in [6, 6.07) is 9.55. The predicted molar refractivity (Wildman–Crippen MR) is 75.2 cm³/mol. The molecule has 0 heterocycles. The van der Waals surface area contributed by atoms with Crippen molar-refractivity contribution in [1.82, 2.24) is 10.6 Å². The summed E-state index contributed by atoms with van der Waals surface area (Å²) in [6.45, 7) is 4.29. The molecule has 0 aliphatic heterocycles. The van der Waals surface area contributed by atoms with E-state index in [2.05, 4.69) is 29.7 Å². The van der Waals surface area contributed by atoms with Gasteiger partial charge in [-0.15, -0.1) is 0 Å². The number of rotatable bonds is 8. The van der Waals surface area contributed by atoms with Gasteiger partial charge >= 0.3 is 0 Å². The van der Waals surface area contributed by atoms with E-state index in [9.17, 15) is 0 Å². The summed E-state index contributed by atoms with van der Waals surface area (Å²) in [7, 11) is 1.73. The highest BCUT2D eigenvalue weighted by atomic mass is 16.5. The first-order valence-electron chi connectivity index (χ1n) is 6.88. The molecule has 0 bridgehead atoms. The van der Waals surface area contributed by atoms with Gasteiger partial charge in [0.25, 0.3) is 0 Å². The Morgan fingerprint density at radius 3 is 2.83 bits per heavy atom. The molecule has 1 unspecified atom stereocenters. The molecule has 100 valence electrons. The highest BCUT2D eigenvalue weighted by Gasteiger charge is 2.20. The van der Waals surface area contributed by atoms with Gasteiger partial charge in [0, 0.05) is 18.6 Å². The summed E-state index contributed by atoms with van der Waals surface area (Å²) in [4.78, 5) is 0. The fourth-order valence-electron chi connectivity index (χ4n) is 2.07. The molecule has 0 spiro atoms. The smallest absolute Gasteiger partial charge is 0.122 e. The van der Waals surface area contributed by atoms with E-state index in [1.807, 2.05) is 12.1 Å². The van der Waals surface area contributed by atoms with Gasteiger partial charge in [-0.25, -0.2) is 0 Å². The molecule has 1 atom stereocenters. The van der Waals surface area contributed by atoms with Crippen LogP contribution >= 0.6 is 0 Å². The molecule has 1 aromatic carbocycles. The number of ether oxygens (including phenoxy) is 1. The monoisotopic (exact) mass is 248 g/mol. The van der Waals surface area contributed by atoms with Gasteiger partial charge in [0.1, 0.15) is 5.75 Å². The molecule has 2 N–H and O–H groups in total. The summed E-state index contributed by atoms with van der Waals surface area (Å²) in [6.07, 6.45) is 3.72.